The Kier molecular flexibility index (Phi) is 8.68. The van der Waals surface area contributed by atoms with E-state index < -0.39 is 0 Å². The number of ether oxygens (including phenoxy) is 2. The van der Waals surface area contributed by atoms with Crippen molar-refractivity contribution >= 4 is 5.96 Å². The Morgan fingerprint density at radius 1 is 1.11 bits per heavy atom. The van der Waals surface area contributed by atoms with E-state index in [2.05, 4.69) is 27.0 Å². The third kappa shape index (κ3) is 6.91. The lowest BCUT2D eigenvalue weighted by molar-refractivity contribution is -0.0721. The lowest BCUT2D eigenvalue weighted by atomic mass is 10.1. The normalized spacial score (nSPS) is 27.1. The van der Waals surface area contributed by atoms with Crippen LogP contribution in [-0.2, 0) is 9.47 Å². The van der Waals surface area contributed by atoms with E-state index >= 15 is 0 Å². The van der Waals surface area contributed by atoms with Crippen LogP contribution in [0, 0.1) is 5.92 Å². The van der Waals surface area contributed by atoms with Gasteiger partial charge in [-0.2, -0.15) is 0 Å². The molecule has 0 bridgehead atoms. The van der Waals surface area contributed by atoms with Crippen molar-refractivity contribution in [1.29, 1.82) is 0 Å². The van der Waals surface area contributed by atoms with Gasteiger partial charge in [0.05, 0.1) is 18.8 Å². The van der Waals surface area contributed by atoms with Crippen molar-refractivity contribution in [3.05, 3.63) is 0 Å². The number of likely N-dealkylation sites (tertiary alicyclic amines) is 2. The van der Waals surface area contributed by atoms with E-state index in [1.807, 2.05) is 7.05 Å². The fourth-order valence-corrected chi connectivity index (χ4v) is 4.48. The molecular formula is C21H40N4O2. The summed E-state index contributed by atoms with van der Waals surface area (Å²) in [5, 5.41) is 3.60. The average Bonchev–Trinajstić information content (AvgIpc) is 3.21. The van der Waals surface area contributed by atoms with E-state index in [0.29, 0.717) is 18.1 Å². The number of aliphatic imine (C=N–C) groups is 1. The van der Waals surface area contributed by atoms with Gasteiger partial charge in [-0.05, 0) is 64.0 Å². The standard InChI is InChI=1S/C21H40N4O2/c1-18(16-24-10-4-5-11-24)15-23-21(22-2)25-12-8-19(9-13-25)27-17-20-7-3-6-14-26-20/h18-20H,3-17H2,1-2H3,(H,22,23). The third-order valence-corrected chi connectivity index (χ3v) is 6.12. The molecular weight excluding hydrogens is 340 g/mol. The summed E-state index contributed by atoms with van der Waals surface area (Å²) < 4.78 is 11.9. The summed E-state index contributed by atoms with van der Waals surface area (Å²) in [6.45, 7) is 10.8. The molecule has 0 spiro atoms. The summed E-state index contributed by atoms with van der Waals surface area (Å²) in [6.07, 6.45) is 9.24. The first-order chi connectivity index (χ1) is 13.2. The van der Waals surface area contributed by atoms with E-state index in [1.54, 1.807) is 0 Å². The summed E-state index contributed by atoms with van der Waals surface area (Å²) in [6, 6.07) is 0. The van der Waals surface area contributed by atoms with Crippen LogP contribution in [0.2, 0.25) is 0 Å². The summed E-state index contributed by atoms with van der Waals surface area (Å²) in [4.78, 5) is 9.50. The minimum absolute atomic E-state index is 0.323. The molecule has 3 saturated heterocycles. The molecule has 156 valence electrons. The van der Waals surface area contributed by atoms with Crippen molar-refractivity contribution in [2.24, 2.45) is 10.9 Å². The minimum Gasteiger partial charge on any atom is -0.376 e. The van der Waals surface area contributed by atoms with Gasteiger partial charge in [-0.15, -0.1) is 0 Å². The van der Waals surface area contributed by atoms with Gasteiger partial charge in [-0.3, -0.25) is 4.99 Å². The molecule has 0 amide bonds. The first kappa shape index (κ1) is 20.9. The molecule has 2 atom stereocenters. The molecule has 0 saturated carbocycles. The number of nitrogens with one attached hydrogen (secondary N) is 1. The summed E-state index contributed by atoms with van der Waals surface area (Å²) in [7, 11) is 1.90. The average molecular weight is 381 g/mol. The fraction of sp³-hybridized carbons (Fsp3) is 0.952. The van der Waals surface area contributed by atoms with Crippen LogP contribution in [0.4, 0.5) is 0 Å². The van der Waals surface area contributed by atoms with E-state index in [-0.39, 0.29) is 0 Å². The first-order valence-electron chi connectivity index (χ1n) is 11.2. The maximum atomic E-state index is 6.14. The highest BCUT2D eigenvalue weighted by molar-refractivity contribution is 5.79. The molecule has 3 rings (SSSR count). The molecule has 0 aromatic carbocycles. The summed E-state index contributed by atoms with van der Waals surface area (Å²) in [5.74, 6) is 1.70. The van der Waals surface area contributed by atoms with Gasteiger partial charge in [-0.25, -0.2) is 0 Å². The second-order valence-electron chi connectivity index (χ2n) is 8.55. The van der Waals surface area contributed by atoms with Crippen molar-refractivity contribution in [2.45, 2.75) is 64.1 Å². The lowest BCUT2D eigenvalue weighted by Gasteiger charge is -2.35. The molecule has 3 aliphatic heterocycles. The molecule has 3 fully saturated rings. The van der Waals surface area contributed by atoms with Crippen LogP contribution in [-0.4, -0.2) is 87.5 Å². The van der Waals surface area contributed by atoms with E-state index in [4.69, 9.17) is 9.47 Å². The van der Waals surface area contributed by atoms with Gasteiger partial charge in [0, 0.05) is 39.8 Å². The highest BCUT2D eigenvalue weighted by Crippen LogP contribution is 2.18. The quantitative estimate of drug-likeness (QED) is 0.543. The van der Waals surface area contributed by atoms with Gasteiger partial charge in [0.2, 0.25) is 0 Å². The molecule has 0 aromatic rings. The fourth-order valence-electron chi connectivity index (χ4n) is 4.48. The van der Waals surface area contributed by atoms with Crippen molar-refractivity contribution in [3.8, 4) is 0 Å². The molecule has 3 heterocycles. The van der Waals surface area contributed by atoms with Gasteiger partial charge >= 0.3 is 0 Å². The molecule has 0 aromatic heterocycles. The molecule has 27 heavy (non-hydrogen) atoms. The van der Waals surface area contributed by atoms with E-state index in [0.717, 1.165) is 58.1 Å². The predicted octanol–water partition coefficient (Wildman–Crippen LogP) is 2.34. The van der Waals surface area contributed by atoms with Crippen molar-refractivity contribution in [3.63, 3.8) is 0 Å². The molecule has 0 aliphatic carbocycles. The topological polar surface area (TPSA) is 49.3 Å². The molecule has 6 heteroatoms. The smallest absolute Gasteiger partial charge is 0.193 e. The lowest BCUT2D eigenvalue weighted by Crippen LogP contribution is -2.48. The first-order valence-corrected chi connectivity index (χ1v) is 11.2. The maximum Gasteiger partial charge on any atom is 0.193 e. The molecule has 0 radical (unpaired) electrons. The summed E-state index contributed by atoms with van der Waals surface area (Å²) in [5.41, 5.74) is 0. The van der Waals surface area contributed by atoms with Crippen molar-refractivity contribution < 1.29 is 9.47 Å². The van der Waals surface area contributed by atoms with Crippen molar-refractivity contribution in [1.82, 2.24) is 15.1 Å². The second kappa shape index (κ2) is 11.2. The van der Waals surface area contributed by atoms with Crippen LogP contribution in [0.1, 0.15) is 51.9 Å². The second-order valence-corrected chi connectivity index (χ2v) is 8.55. The number of rotatable bonds is 7. The maximum absolute atomic E-state index is 6.14. The Hall–Kier alpha value is -0.850. The molecule has 2 unspecified atom stereocenters. The van der Waals surface area contributed by atoms with Crippen LogP contribution in [0.25, 0.3) is 0 Å². The molecule has 6 nitrogen and oxygen atoms in total. The number of guanidine groups is 1. The van der Waals surface area contributed by atoms with Crippen molar-refractivity contribution in [2.75, 3.05) is 59.5 Å². The van der Waals surface area contributed by atoms with Gasteiger partial charge in [0.15, 0.2) is 5.96 Å². The number of piperidine rings is 1. The Labute approximate surface area is 165 Å². The third-order valence-electron chi connectivity index (χ3n) is 6.12. The minimum atomic E-state index is 0.323. The zero-order chi connectivity index (χ0) is 18.9. The molecule has 3 aliphatic rings. The highest BCUT2D eigenvalue weighted by atomic mass is 16.5. The monoisotopic (exact) mass is 380 g/mol. The Balaban J connectivity index is 1.31. The SMILES string of the molecule is CN=C(NCC(C)CN1CCCC1)N1CCC(OCC2CCCCO2)CC1. The Morgan fingerprint density at radius 3 is 2.56 bits per heavy atom. The highest BCUT2D eigenvalue weighted by Gasteiger charge is 2.24. The van der Waals surface area contributed by atoms with E-state index in [1.165, 1.54) is 45.3 Å². The summed E-state index contributed by atoms with van der Waals surface area (Å²) >= 11 is 0. The zero-order valence-electron chi connectivity index (χ0n) is 17.5. The predicted molar refractivity (Wildman–Crippen MR) is 110 cm³/mol. The van der Waals surface area contributed by atoms with Crippen LogP contribution in [0.5, 0.6) is 0 Å². The van der Waals surface area contributed by atoms with Crippen LogP contribution in [0.3, 0.4) is 0 Å². The van der Waals surface area contributed by atoms with E-state index in [9.17, 15) is 0 Å². The van der Waals surface area contributed by atoms with Crippen LogP contribution in [0.15, 0.2) is 4.99 Å². The number of hydrogen-bond acceptors (Lipinski definition) is 4. The van der Waals surface area contributed by atoms with Crippen LogP contribution < -0.4 is 5.32 Å². The number of hydrogen-bond donors (Lipinski definition) is 1. The van der Waals surface area contributed by atoms with Gasteiger partial charge in [0.25, 0.3) is 0 Å². The molecule has 1 N–H and O–H groups in total. The zero-order valence-corrected chi connectivity index (χ0v) is 17.5. The Morgan fingerprint density at radius 2 is 1.89 bits per heavy atom. The number of nitrogens with zero attached hydrogens (tertiary/aromatic N) is 3. The van der Waals surface area contributed by atoms with Gasteiger partial charge < -0.3 is 24.6 Å². The van der Waals surface area contributed by atoms with Crippen LogP contribution >= 0.6 is 0 Å². The van der Waals surface area contributed by atoms with Gasteiger partial charge in [0.1, 0.15) is 0 Å². The Bertz CT molecular complexity index is 439. The van der Waals surface area contributed by atoms with Gasteiger partial charge in [-0.1, -0.05) is 6.92 Å². The largest absolute Gasteiger partial charge is 0.376 e.